The van der Waals surface area contributed by atoms with Crippen molar-refractivity contribution in [3.05, 3.63) is 0 Å². The second-order valence-corrected chi connectivity index (χ2v) is 13.9. The van der Waals surface area contributed by atoms with Crippen LogP contribution in [0.4, 0.5) is 4.79 Å². The van der Waals surface area contributed by atoms with Gasteiger partial charge < -0.3 is 25.0 Å². The van der Waals surface area contributed by atoms with Crippen LogP contribution in [0, 0.1) is 46.3 Å². The Bertz CT molecular complexity index is 805. The van der Waals surface area contributed by atoms with Gasteiger partial charge in [0, 0.05) is 26.2 Å². The zero-order chi connectivity index (χ0) is 26.9. The molecule has 10 atom stereocenters. The molecule has 7 heteroatoms. The lowest BCUT2D eigenvalue weighted by Crippen LogP contribution is -2.62. The van der Waals surface area contributed by atoms with Crippen molar-refractivity contribution in [2.75, 3.05) is 46.0 Å². The molecule has 0 aromatic rings. The first kappa shape index (κ1) is 28.6. The molecule has 5 fully saturated rings. The largest absolute Gasteiger partial charge is 0.450 e. The van der Waals surface area contributed by atoms with E-state index in [-0.39, 0.29) is 29.1 Å². The van der Waals surface area contributed by atoms with Gasteiger partial charge in [0.15, 0.2) is 0 Å². The third-order valence-corrected chi connectivity index (χ3v) is 12.3. The normalized spacial score (nSPS) is 45.1. The molecule has 38 heavy (non-hydrogen) atoms. The van der Waals surface area contributed by atoms with Crippen molar-refractivity contribution in [2.45, 2.75) is 97.2 Å². The maximum Gasteiger partial charge on any atom is 0.407 e. The Morgan fingerprint density at radius 2 is 1.76 bits per heavy atom. The lowest BCUT2D eigenvalue weighted by molar-refractivity contribution is -0.202. The lowest BCUT2D eigenvalue weighted by Gasteiger charge is -2.64. The number of hydrogen-bond donors (Lipinski definition) is 3. The van der Waals surface area contributed by atoms with Crippen LogP contribution < -0.4 is 5.32 Å². The smallest absolute Gasteiger partial charge is 0.407 e. The fraction of sp³-hybridized carbons (Fsp3) is 0.968. The van der Waals surface area contributed by atoms with Crippen LogP contribution in [-0.2, 0) is 9.47 Å². The van der Waals surface area contributed by atoms with Gasteiger partial charge in [-0.3, -0.25) is 4.90 Å². The molecule has 0 unspecified atom stereocenters. The number of hydrogen-bond acceptors (Lipinski definition) is 6. The Balaban J connectivity index is 1.12. The molecule has 0 aromatic carbocycles. The number of alkyl carbamates (subject to hydrolysis) is 1. The summed E-state index contributed by atoms with van der Waals surface area (Å²) in [5.41, 5.74) is 0.532. The van der Waals surface area contributed by atoms with Gasteiger partial charge in [0.1, 0.15) is 0 Å². The summed E-state index contributed by atoms with van der Waals surface area (Å²) < 4.78 is 10.9. The number of amides is 1. The zero-order valence-electron chi connectivity index (χ0n) is 24.2. The Hall–Kier alpha value is -0.890. The van der Waals surface area contributed by atoms with E-state index in [0.29, 0.717) is 48.7 Å². The second kappa shape index (κ2) is 11.9. The molecular formula is C31H54N2O5. The van der Waals surface area contributed by atoms with E-state index in [9.17, 15) is 15.0 Å². The van der Waals surface area contributed by atoms with Crippen LogP contribution in [0.5, 0.6) is 0 Å². The first-order valence-electron chi connectivity index (χ1n) is 15.8. The molecular weight excluding hydrogens is 480 g/mol. The van der Waals surface area contributed by atoms with Crippen LogP contribution in [0.2, 0.25) is 0 Å². The van der Waals surface area contributed by atoms with E-state index < -0.39 is 0 Å². The van der Waals surface area contributed by atoms with Crippen molar-refractivity contribution in [2.24, 2.45) is 46.3 Å². The number of nitrogens with zero attached hydrogens (tertiary/aromatic N) is 1. The number of carbonyl (C=O) groups excluding carboxylic acids is 1. The minimum absolute atomic E-state index is 0.190. The summed E-state index contributed by atoms with van der Waals surface area (Å²) in [5, 5.41) is 25.2. The van der Waals surface area contributed by atoms with Crippen LogP contribution in [0.1, 0.15) is 85.0 Å². The summed E-state index contributed by atoms with van der Waals surface area (Å²) >= 11 is 0. The van der Waals surface area contributed by atoms with E-state index in [1.54, 1.807) is 0 Å². The van der Waals surface area contributed by atoms with Crippen LogP contribution in [-0.4, -0.2) is 79.4 Å². The highest BCUT2D eigenvalue weighted by Gasteiger charge is 2.64. The molecule has 218 valence electrons. The van der Waals surface area contributed by atoms with Crippen LogP contribution in [0.25, 0.3) is 0 Å². The predicted octanol–water partition coefficient (Wildman–Crippen LogP) is 4.45. The molecule has 0 aromatic heterocycles. The number of aliphatic hydroxyl groups is 2. The highest BCUT2D eigenvalue weighted by molar-refractivity contribution is 5.67. The summed E-state index contributed by atoms with van der Waals surface area (Å²) in [6.07, 6.45) is 10.1. The van der Waals surface area contributed by atoms with Gasteiger partial charge >= 0.3 is 6.09 Å². The van der Waals surface area contributed by atoms with Crippen molar-refractivity contribution >= 4 is 6.09 Å². The van der Waals surface area contributed by atoms with E-state index in [4.69, 9.17) is 9.47 Å². The molecule has 3 N–H and O–H groups in total. The van der Waals surface area contributed by atoms with E-state index in [2.05, 4.69) is 31.0 Å². The Morgan fingerprint density at radius 3 is 2.53 bits per heavy atom. The highest BCUT2D eigenvalue weighted by atomic mass is 16.5. The Labute approximate surface area is 230 Å². The van der Waals surface area contributed by atoms with E-state index in [1.165, 1.54) is 25.7 Å². The quantitative estimate of drug-likeness (QED) is 0.399. The molecule has 5 aliphatic rings. The van der Waals surface area contributed by atoms with Gasteiger partial charge in [-0.05, 0) is 104 Å². The molecule has 4 saturated carbocycles. The Morgan fingerprint density at radius 1 is 1.03 bits per heavy atom. The van der Waals surface area contributed by atoms with Crippen molar-refractivity contribution in [3.8, 4) is 0 Å². The van der Waals surface area contributed by atoms with Crippen molar-refractivity contribution < 1.29 is 24.5 Å². The molecule has 0 spiro atoms. The monoisotopic (exact) mass is 534 g/mol. The maximum absolute atomic E-state index is 12.2. The van der Waals surface area contributed by atoms with E-state index in [1.807, 2.05) is 0 Å². The van der Waals surface area contributed by atoms with Crippen LogP contribution in [0.3, 0.4) is 0 Å². The fourth-order valence-electron chi connectivity index (χ4n) is 10.2. The van der Waals surface area contributed by atoms with Crippen molar-refractivity contribution in [3.63, 3.8) is 0 Å². The number of morpholine rings is 1. The van der Waals surface area contributed by atoms with Crippen molar-refractivity contribution in [1.82, 2.24) is 10.2 Å². The standard InChI is InChI=1S/C31H54N2O5/c1-4-23-26-20-22(34)9-11-31(26,3)25-10-12-30(2)21(7-8-24(30)27(25)28(23)35)6-5-17-38-29(36)32-13-14-33-15-18-37-19-16-33/h21-28,34-35H,4-20H2,1-3H3,(H,32,36)/t21-,22+,23+,24-,25-,26-,27-,28+,30+,31+/m0/s1. The number of carbonyl (C=O) groups is 1. The number of nitrogens with one attached hydrogen (secondary N) is 1. The maximum atomic E-state index is 12.2. The van der Waals surface area contributed by atoms with Gasteiger partial charge in [0.05, 0.1) is 32.0 Å². The Kier molecular flexibility index (Phi) is 8.98. The molecule has 5 rings (SSSR count). The number of fused-ring (bicyclic) bond motifs is 5. The van der Waals surface area contributed by atoms with Crippen LogP contribution >= 0.6 is 0 Å². The van der Waals surface area contributed by atoms with Crippen LogP contribution in [0.15, 0.2) is 0 Å². The first-order valence-corrected chi connectivity index (χ1v) is 15.8. The minimum atomic E-state index is -0.300. The van der Waals surface area contributed by atoms with Gasteiger partial charge in [-0.1, -0.05) is 27.2 Å². The molecule has 1 saturated heterocycles. The fourth-order valence-corrected chi connectivity index (χ4v) is 10.2. The summed E-state index contributed by atoms with van der Waals surface area (Å²) in [7, 11) is 0. The van der Waals surface area contributed by atoms with E-state index >= 15 is 0 Å². The third kappa shape index (κ3) is 5.38. The lowest BCUT2D eigenvalue weighted by atomic mass is 9.41. The topological polar surface area (TPSA) is 91.3 Å². The highest BCUT2D eigenvalue weighted by Crippen LogP contribution is 2.69. The average Bonchev–Trinajstić information content (AvgIpc) is 3.24. The molecule has 4 aliphatic carbocycles. The molecule has 1 heterocycles. The molecule has 0 radical (unpaired) electrons. The molecule has 0 bridgehead atoms. The molecule has 7 nitrogen and oxygen atoms in total. The zero-order valence-corrected chi connectivity index (χ0v) is 24.2. The van der Waals surface area contributed by atoms with Crippen molar-refractivity contribution in [1.29, 1.82) is 0 Å². The minimum Gasteiger partial charge on any atom is -0.450 e. The first-order chi connectivity index (χ1) is 18.3. The van der Waals surface area contributed by atoms with Gasteiger partial charge in [0.25, 0.3) is 0 Å². The SMILES string of the molecule is CC[C@H]1[C@@H](O)[C@@H]2[C@H](CC[C@]3(C)[C@@H](CCCOC(=O)NCCN4CCOCC4)CC[C@@H]23)[C@@]2(C)CC[C@@H](O)C[C@@H]12. The summed E-state index contributed by atoms with van der Waals surface area (Å²) in [6, 6.07) is 0. The average molecular weight is 535 g/mol. The van der Waals surface area contributed by atoms with E-state index in [0.717, 1.165) is 71.4 Å². The third-order valence-electron chi connectivity index (χ3n) is 12.3. The summed E-state index contributed by atoms with van der Waals surface area (Å²) in [4.78, 5) is 14.5. The number of rotatable bonds is 8. The number of aliphatic hydroxyl groups excluding tert-OH is 2. The van der Waals surface area contributed by atoms with Gasteiger partial charge in [-0.15, -0.1) is 0 Å². The predicted molar refractivity (Wildman–Crippen MR) is 148 cm³/mol. The van der Waals surface area contributed by atoms with Gasteiger partial charge in [0.2, 0.25) is 0 Å². The molecule has 1 amide bonds. The molecule has 1 aliphatic heterocycles. The summed E-state index contributed by atoms with van der Waals surface area (Å²) in [5.74, 6) is 2.98. The van der Waals surface area contributed by atoms with Gasteiger partial charge in [-0.25, -0.2) is 4.79 Å². The summed E-state index contributed by atoms with van der Waals surface area (Å²) in [6.45, 7) is 12.6. The number of ether oxygens (including phenoxy) is 2. The van der Waals surface area contributed by atoms with Gasteiger partial charge in [-0.2, -0.15) is 0 Å². The second-order valence-electron chi connectivity index (χ2n) is 13.9.